The maximum atomic E-state index is 11.7. The molecule has 2 fully saturated rings. The van der Waals surface area contributed by atoms with Gasteiger partial charge in [0.2, 0.25) is 0 Å². The summed E-state index contributed by atoms with van der Waals surface area (Å²) in [6.45, 7) is 5.70. The van der Waals surface area contributed by atoms with Gasteiger partial charge in [-0.2, -0.15) is 0 Å². The van der Waals surface area contributed by atoms with Crippen LogP contribution in [0, 0.1) is 0 Å². The van der Waals surface area contributed by atoms with Crippen LogP contribution in [-0.2, 0) is 4.79 Å². The molecule has 0 aromatic carbocycles. The van der Waals surface area contributed by atoms with Crippen molar-refractivity contribution < 1.29 is 4.79 Å². The van der Waals surface area contributed by atoms with Gasteiger partial charge in [0.15, 0.2) is 0 Å². The number of nitrogens with zero attached hydrogens (tertiary/aromatic N) is 2. The second-order valence-electron chi connectivity index (χ2n) is 5.24. The summed E-state index contributed by atoms with van der Waals surface area (Å²) in [7, 11) is 2.13. The smallest absolute Gasteiger partial charge is 0.149 e. The minimum atomic E-state index is 0.222. The molecule has 3 heteroatoms. The molecule has 2 atom stereocenters. The largest absolute Gasteiger partial charge is 0.299 e. The summed E-state index contributed by atoms with van der Waals surface area (Å²) >= 11 is 0. The molecule has 0 N–H and O–H groups in total. The van der Waals surface area contributed by atoms with Crippen LogP contribution < -0.4 is 0 Å². The molecule has 0 aromatic rings. The topological polar surface area (TPSA) is 23.6 Å². The van der Waals surface area contributed by atoms with Crippen molar-refractivity contribution in [2.45, 2.75) is 51.1 Å². The molecule has 1 aliphatic carbocycles. The monoisotopic (exact) mass is 224 g/mol. The van der Waals surface area contributed by atoms with E-state index in [1.165, 1.54) is 19.4 Å². The van der Waals surface area contributed by atoms with Gasteiger partial charge in [0.1, 0.15) is 5.78 Å². The van der Waals surface area contributed by atoms with Gasteiger partial charge in [0.25, 0.3) is 0 Å². The van der Waals surface area contributed by atoms with Gasteiger partial charge in [-0.25, -0.2) is 0 Å². The zero-order chi connectivity index (χ0) is 11.5. The van der Waals surface area contributed by atoms with Crippen molar-refractivity contribution in [2.75, 3.05) is 26.7 Å². The van der Waals surface area contributed by atoms with E-state index in [4.69, 9.17) is 0 Å². The molecule has 0 amide bonds. The number of likely N-dealkylation sites (tertiary alicyclic amines) is 1. The quantitative estimate of drug-likeness (QED) is 0.723. The summed E-state index contributed by atoms with van der Waals surface area (Å²) in [6.07, 6.45) is 5.60. The first-order valence-electron chi connectivity index (χ1n) is 6.69. The molecular weight excluding hydrogens is 200 g/mol. The molecule has 2 aliphatic rings. The van der Waals surface area contributed by atoms with Crippen LogP contribution in [0.4, 0.5) is 0 Å². The van der Waals surface area contributed by atoms with E-state index in [1.54, 1.807) is 0 Å². The van der Waals surface area contributed by atoms with Crippen LogP contribution in [0.3, 0.4) is 0 Å². The van der Waals surface area contributed by atoms with E-state index in [-0.39, 0.29) is 6.04 Å². The van der Waals surface area contributed by atoms with Crippen molar-refractivity contribution in [3.63, 3.8) is 0 Å². The fourth-order valence-electron chi connectivity index (χ4n) is 3.24. The van der Waals surface area contributed by atoms with Gasteiger partial charge in [0.05, 0.1) is 6.04 Å². The number of carbonyl (C=O) groups excluding carboxylic acids is 1. The summed E-state index contributed by atoms with van der Waals surface area (Å²) in [5, 5.41) is 0. The molecule has 1 aliphatic heterocycles. The number of Topliss-reactive ketones (excluding diaryl/α,β-unsaturated/α-hetero) is 1. The minimum Gasteiger partial charge on any atom is -0.299 e. The Bertz CT molecular complexity index is 254. The minimum absolute atomic E-state index is 0.222. The van der Waals surface area contributed by atoms with E-state index in [0.717, 1.165) is 32.4 Å². The van der Waals surface area contributed by atoms with E-state index in [0.29, 0.717) is 11.8 Å². The molecular formula is C13H24N2O. The van der Waals surface area contributed by atoms with Crippen molar-refractivity contribution >= 4 is 5.78 Å². The van der Waals surface area contributed by atoms with Crippen LogP contribution in [0.15, 0.2) is 0 Å². The Kier molecular flexibility index (Phi) is 3.98. The lowest BCUT2D eigenvalue weighted by Gasteiger charge is -2.30. The molecule has 2 unspecified atom stereocenters. The zero-order valence-corrected chi connectivity index (χ0v) is 10.6. The Morgan fingerprint density at radius 2 is 2.19 bits per heavy atom. The summed E-state index contributed by atoms with van der Waals surface area (Å²) in [5.41, 5.74) is 0. The van der Waals surface area contributed by atoms with E-state index in [2.05, 4.69) is 23.8 Å². The summed E-state index contributed by atoms with van der Waals surface area (Å²) in [5.74, 6) is 0.462. The molecule has 1 saturated heterocycles. The van der Waals surface area contributed by atoms with Crippen LogP contribution in [-0.4, -0.2) is 54.3 Å². The summed E-state index contributed by atoms with van der Waals surface area (Å²) in [4.78, 5) is 16.5. The molecule has 0 radical (unpaired) electrons. The fourth-order valence-corrected chi connectivity index (χ4v) is 3.24. The van der Waals surface area contributed by atoms with Crippen LogP contribution in [0.25, 0.3) is 0 Å². The van der Waals surface area contributed by atoms with Crippen LogP contribution in [0.1, 0.15) is 39.0 Å². The van der Waals surface area contributed by atoms with Gasteiger partial charge in [0, 0.05) is 19.0 Å². The lowest BCUT2D eigenvalue weighted by atomic mass is 10.1. The molecule has 16 heavy (non-hydrogen) atoms. The van der Waals surface area contributed by atoms with E-state index < -0.39 is 0 Å². The zero-order valence-electron chi connectivity index (χ0n) is 10.6. The molecule has 92 valence electrons. The highest BCUT2D eigenvalue weighted by Crippen LogP contribution is 2.22. The first-order valence-corrected chi connectivity index (χ1v) is 6.69. The van der Waals surface area contributed by atoms with Gasteiger partial charge in [-0.3, -0.25) is 14.6 Å². The second-order valence-corrected chi connectivity index (χ2v) is 5.24. The highest BCUT2D eigenvalue weighted by atomic mass is 16.1. The lowest BCUT2D eigenvalue weighted by molar-refractivity contribution is -0.121. The number of hydrogen-bond donors (Lipinski definition) is 0. The molecule has 3 nitrogen and oxygen atoms in total. The molecule has 1 saturated carbocycles. The third-order valence-corrected chi connectivity index (χ3v) is 4.21. The Balaban J connectivity index is 1.86. The SMILES string of the molecule is CCN1CCCC1CN(C)C1CCCC1=O. The Morgan fingerprint density at radius 3 is 2.81 bits per heavy atom. The Morgan fingerprint density at radius 1 is 1.38 bits per heavy atom. The van der Waals surface area contributed by atoms with Crippen molar-refractivity contribution in [3.8, 4) is 0 Å². The molecule has 0 spiro atoms. The average molecular weight is 224 g/mol. The van der Waals surface area contributed by atoms with Gasteiger partial charge in [-0.1, -0.05) is 6.92 Å². The summed E-state index contributed by atoms with van der Waals surface area (Å²) < 4.78 is 0. The van der Waals surface area contributed by atoms with Crippen molar-refractivity contribution in [3.05, 3.63) is 0 Å². The molecule has 0 bridgehead atoms. The molecule has 0 aromatic heterocycles. The molecule has 1 heterocycles. The average Bonchev–Trinajstić information content (AvgIpc) is 2.86. The van der Waals surface area contributed by atoms with E-state index >= 15 is 0 Å². The predicted octanol–water partition coefficient (Wildman–Crippen LogP) is 1.52. The molecule has 2 rings (SSSR count). The maximum absolute atomic E-state index is 11.7. The third kappa shape index (κ3) is 2.46. The predicted molar refractivity (Wildman–Crippen MR) is 65.5 cm³/mol. The Hall–Kier alpha value is -0.410. The van der Waals surface area contributed by atoms with Crippen molar-refractivity contribution in [2.24, 2.45) is 0 Å². The van der Waals surface area contributed by atoms with Crippen molar-refractivity contribution in [1.29, 1.82) is 0 Å². The highest BCUT2D eigenvalue weighted by molar-refractivity contribution is 5.85. The normalized spacial score (nSPS) is 31.8. The Labute approximate surface area is 98.8 Å². The van der Waals surface area contributed by atoms with Crippen molar-refractivity contribution in [1.82, 2.24) is 9.80 Å². The van der Waals surface area contributed by atoms with E-state index in [1.807, 2.05) is 0 Å². The van der Waals surface area contributed by atoms with Gasteiger partial charge >= 0.3 is 0 Å². The first kappa shape index (κ1) is 12.1. The third-order valence-electron chi connectivity index (χ3n) is 4.21. The highest BCUT2D eigenvalue weighted by Gasteiger charge is 2.31. The van der Waals surface area contributed by atoms with E-state index in [9.17, 15) is 4.79 Å². The number of rotatable bonds is 4. The number of hydrogen-bond acceptors (Lipinski definition) is 3. The standard InChI is InChI=1S/C13H24N2O/c1-3-15-9-5-6-11(15)10-14(2)12-7-4-8-13(12)16/h11-12H,3-10H2,1-2H3. The van der Waals surface area contributed by atoms with Gasteiger partial charge in [-0.15, -0.1) is 0 Å². The first-order chi connectivity index (χ1) is 7.72. The number of carbonyl (C=O) groups is 1. The summed E-state index contributed by atoms with van der Waals surface area (Å²) in [6, 6.07) is 0.905. The van der Waals surface area contributed by atoms with Crippen LogP contribution >= 0.6 is 0 Å². The van der Waals surface area contributed by atoms with Crippen LogP contribution in [0.2, 0.25) is 0 Å². The number of ketones is 1. The number of likely N-dealkylation sites (N-methyl/N-ethyl adjacent to an activating group) is 2. The fraction of sp³-hybridized carbons (Fsp3) is 0.923. The van der Waals surface area contributed by atoms with Crippen LogP contribution in [0.5, 0.6) is 0 Å². The second kappa shape index (κ2) is 5.28. The lowest BCUT2D eigenvalue weighted by Crippen LogP contribution is -2.44. The maximum Gasteiger partial charge on any atom is 0.149 e. The van der Waals surface area contributed by atoms with Gasteiger partial charge < -0.3 is 0 Å². The van der Waals surface area contributed by atoms with Gasteiger partial charge in [-0.05, 0) is 45.8 Å².